The van der Waals surface area contributed by atoms with Gasteiger partial charge >= 0.3 is 6.03 Å². The quantitative estimate of drug-likeness (QED) is 0.929. The molecule has 0 saturated heterocycles. The topological polar surface area (TPSA) is 45.5 Å². The van der Waals surface area contributed by atoms with Gasteiger partial charge in [-0.25, -0.2) is 4.79 Å². The Morgan fingerprint density at radius 1 is 1.30 bits per heavy atom. The molecule has 0 radical (unpaired) electrons. The Labute approximate surface area is 127 Å². The van der Waals surface area contributed by atoms with Gasteiger partial charge in [0.2, 0.25) is 0 Å². The maximum Gasteiger partial charge on any atom is 0.317 e. The minimum absolute atomic E-state index is 0.188. The second-order valence-electron chi connectivity index (χ2n) is 4.34. The number of rotatable bonds is 4. The van der Waals surface area contributed by atoms with Crippen molar-refractivity contribution in [2.75, 3.05) is 7.05 Å². The Hall–Kier alpha value is -1.65. The fraction of sp³-hybridized carbons (Fsp3) is 0.214. The van der Waals surface area contributed by atoms with Crippen LogP contribution in [-0.2, 0) is 13.1 Å². The van der Waals surface area contributed by atoms with Crippen molar-refractivity contribution in [1.29, 1.82) is 0 Å². The molecule has 2 amide bonds. The third-order valence-electron chi connectivity index (χ3n) is 2.74. The molecule has 106 valence electrons. The molecule has 1 N–H and O–H groups in total. The van der Waals surface area contributed by atoms with E-state index in [0.717, 1.165) is 5.56 Å². The summed E-state index contributed by atoms with van der Waals surface area (Å²) in [4.78, 5) is 13.5. The summed E-state index contributed by atoms with van der Waals surface area (Å²) < 4.78 is 5.15. The molecule has 0 aliphatic carbocycles. The lowest BCUT2D eigenvalue weighted by Crippen LogP contribution is -2.36. The summed E-state index contributed by atoms with van der Waals surface area (Å²) in [6.07, 6.45) is 1.57. The first-order valence-corrected chi connectivity index (χ1v) is 6.77. The number of furan rings is 1. The van der Waals surface area contributed by atoms with Gasteiger partial charge in [-0.15, -0.1) is 0 Å². The van der Waals surface area contributed by atoms with Gasteiger partial charge in [-0.2, -0.15) is 0 Å². The lowest BCUT2D eigenvalue weighted by Gasteiger charge is -2.18. The van der Waals surface area contributed by atoms with E-state index < -0.39 is 0 Å². The van der Waals surface area contributed by atoms with Crippen LogP contribution in [0.3, 0.4) is 0 Å². The Kier molecular flexibility index (Phi) is 4.93. The van der Waals surface area contributed by atoms with Crippen LogP contribution in [-0.4, -0.2) is 18.0 Å². The second kappa shape index (κ2) is 6.68. The minimum Gasteiger partial charge on any atom is -0.467 e. The van der Waals surface area contributed by atoms with Crippen molar-refractivity contribution >= 4 is 29.2 Å². The third-order valence-corrected chi connectivity index (χ3v) is 3.48. The summed E-state index contributed by atoms with van der Waals surface area (Å²) >= 11 is 11.8. The zero-order valence-corrected chi connectivity index (χ0v) is 12.4. The second-order valence-corrected chi connectivity index (χ2v) is 5.16. The van der Waals surface area contributed by atoms with Gasteiger partial charge in [-0.3, -0.25) is 0 Å². The van der Waals surface area contributed by atoms with Crippen molar-refractivity contribution in [3.8, 4) is 0 Å². The first-order chi connectivity index (χ1) is 9.56. The number of nitrogens with one attached hydrogen (secondary N) is 1. The summed E-state index contributed by atoms with van der Waals surface area (Å²) in [6.45, 7) is 0.804. The standard InChI is InChI=1S/C14H14Cl2N2O2/c1-18(9-10-4-5-12(15)13(16)7-10)14(19)17-8-11-3-2-6-20-11/h2-7H,8-9H2,1H3,(H,17,19). The number of halogens is 2. The van der Waals surface area contributed by atoms with Crippen LogP contribution in [0.1, 0.15) is 11.3 Å². The van der Waals surface area contributed by atoms with Crippen LogP contribution in [0, 0.1) is 0 Å². The Morgan fingerprint density at radius 2 is 2.10 bits per heavy atom. The van der Waals surface area contributed by atoms with Crippen LogP contribution in [0.15, 0.2) is 41.0 Å². The number of nitrogens with zero attached hydrogens (tertiary/aromatic N) is 1. The maximum atomic E-state index is 11.9. The van der Waals surface area contributed by atoms with E-state index >= 15 is 0 Å². The van der Waals surface area contributed by atoms with Crippen LogP contribution in [0.25, 0.3) is 0 Å². The highest BCUT2D eigenvalue weighted by molar-refractivity contribution is 6.42. The molecule has 0 unspecified atom stereocenters. The molecule has 1 heterocycles. The van der Waals surface area contributed by atoms with E-state index in [1.54, 1.807) is 42.5 Å². The maximum absolute atomic E-state index is 11.9. The van der Waals surface area contributed by atoms with E-state index in [1.807, 2.05) is 6.07 Å². The molecule has 0 bridgehead atoms. The van der Waals surface area contributed by atoms with Gasteiger partial charge in [-0.05, 0) is 29.8 Å². The van der Waals surface area contributed by atoms with Crippen molar-refractivity contribution in [3.05, 3.63) is 58.0 Å². The van der Waals surface area contributed by atoms with E-state index in [2.05, 4.69) is 5.32 Å². The average molecular weight is 313 g/mol. The van der Waals surface area contributed by atoms with Gasteiger partial charge in [-0.1, -0.05) is 29.3 Å². The van der Waals surface area contributed by atoms with Gasteiger partial charge < -0.3 is 14.6 Å². The van der Waals surface area contributed by atoms with E-state index in [1.165, 1.54) is 0 Å². The zero-order valence-electron chi connectivity index (χ0n) is 10.9. The van der Waals surface area contributed by atoms with Gasteiger partial charge in [0.25, 0.3) is 0 Å². The summed E-state index contributed by atoms with van der Waals surface area (Å²) in [5.74, 6) is 0.710. The Morgan fingerprint density at radius 3 is 2.75 bits per heavy atom. The van der Waals surface area contributed by atoms with Crippen LogP contribution >= 0.6 is 23.2 Å². The fourth-order valence-corrected chi connectivity index (χ4v) is 2.02. The first-order valence-electron chi connectivity index (χ1n) is 6.01. The molecular formula is C14H14Cl2N2O2. The molecule has 0 aliphatic rings. The summed E-state index contributed by atoms with van der Waals surface area (Å²) in [6, 6.07) is 8.70. The lowest BCUT2D eigenvalue weighted by molar-refractivity contribution is 0.205. The van der Waals surface area contributed by atoms with Gasteiger partial charge in [0.15, 0.2) is 0 Å². The molecule has 6 heteroatoms. The van der Waals surface area contributed by atoms with E-state index in [-0.39, 0.29) is 6.03 Å². The lowest BCUT2D eigenvalue weighted by atomic mass is 10.2. The molecule has 4 nitrogen and oxygen atoms in total. The van der Waals surface area contributed by atoms with E-state index in [0.29, 0.717) is 28.9 Å². The van der Waals surface area contributed by atoms with Gasteiger partial charge in [0.1, 0.15) is 5.76 Å². The minimum atomic E-state index is -0.188. The fourth-order valence-electron chi connectivity index (χ4n) is 1.69. The molecular weight excluding hydrogens is 299 g/mol. The van der Waals surface area contributed by atoms with Crippen molar-refractivity contribution in [3.63, 3.8) is 0 Å². The Bertz CT molecular complexity index is 585. The normalized spacial score (nSPS) is 10.3. The number of hydrogen-bond acceptors (Lipinski definition) is 2. The third kappa shape index (κ3) is 3.92. The molecule has 0 spiro atoms. The van der Waals surface area contributed by atoms with Crippen LogP contribution < -0.4 is 5.32 Å². The van der Waals surface area contributed by atoms with Crippen LogP contribution in [0.4, 0.5) is 4.79 Å². The molecule has 0 atom stereocenters. The van der Waals surface area contributed by atoms with Crippen LogP contribution in [0.5, 0.6) is 0 Å². The predicted octanol–water partition coefficient (Wildman–Crippen LogP) is 3.93. The SMILES string of the molecule is CN(Cc1ccc(Cl)c(Cl)c1)C(=O)NCc1ccco1. The summed E-state index contributed by atoms with van der Waals surface area (Å²) in [5, 5.41) is 3.75. The van der Waals surface area contributed by atoms with Gasteiger partial charge in [0, 0.05) is 13.6 Å². The number of carbonyl (C=O) groups excluding carboxylic acids is 1. The number of amides is 2. The molecule has 20 heavy (non-hydrogen) atoms. The molecule has 1 aromatic heterocycles. The summed E-state index contributed by atoms with van der Waals surface area (Å²) in [7, 11) is 1.71. The monoisotopic (exact) mass is 312 g/mol. The highest BCUT2D eigenvalue weighted by Crippen LogP contribution is 2.23. The highest BCUT2D eigenvalue weighted by atomic mass is 35.5. The zero-order chi connectivity index (χ0) is 14.5. The molecule has 2 rings (SSSR count). The van der Waals surface area contributed by atoms with E-state index in [9.17, 15) is 4.79 Å². The van der Waals surface area contributed by atoms with Crippen molar-refractivity contribution in [2.45, 2.75) is 13.1 Å². The molecule has 0 saturated carbocycles. The van der Waals surface area contributed by atoms with Crippen molar-refractivity contribution in [1.82, 2.24) is 10.2 Å². The first kappa shape index (κ1) is 14.8. The van der Waals surface area contributed by atoms with Crippen molar-refractivity contribution < 1.29 is 9.21 Å². The number of urea groups is 1. The Balaban J connectivity index is 1.88. The van der Waals surface area contributed by atoms with Crippen molar-refractivity contribution in [2.24, 2.45) is 0 Å². The van der Waals surface area contributed by atoms with E-state index in [4.69, 9.17) is 27.6 Å². The average Bonchev–Trinajstić information content (AvgIpc) is 2.93. The molecule has 0 aliphatic heterocycles. The van der Waals surface area contributed by atoms with Crippen LogP contribution in [0.2, 0.25) is 10.0 Å². The number of benzene rings is 1. The molecule has 0 fully saturated rings. The summed E-state index contributed by atoms with van der Waals surface area (Å²) in [5.41, 5.74) is 0.912. The number of hydrogen-bond donors (Lipinski definition) is 1. The number of carbonyl (C=O) groups is 1. The smallest absolute Gasteiger partial charge is 0.317 e. The van der Waals surface area contributed by atoms with Gasteiger partial charge in [0.05, 0.1) is 22.9 Å². The highest BCUT2D eigenvalue weighted by Gasteiger charge is 2.10. The molecule has 1 aromatic carbocycles. The largest absolute Gasteiger partial charge is 0.467 e. The predicted molar refractivity (Wildman–Crippen MR) is 78.9 cm³/mol. The molecule has 2 aromatic rings.